The summed E-state index contributed by atoms with van der Waals surface area (Å²) < 4.78 is 31.3. The number of nitrogens with zero attached hydrogens (tertiary/aromatic N) is 2. The fraction of sp³-hybridized carbons (Fsp3) is 0.158. The van der Waals surface area contributed by atoms with E-state index in [1.54, 1.807) is 13.0 Å². The zero-order valence-corrected chi connectivity index (χ0v) is 16.4. The van der Waals surface area contributed by atoms with Gasteiger partial charge in [-0.05, 0) is 31.2 Å². The van der Waals surface area contributed by atoms with E-state index >= 15 is 0 Å². The van der Waals surface area contributed by atoms with E-state index < -0.39 is 10.1 Å². The highest BCUT2D eigenvalue weighted by Crippen LogP contribution is 2.22. The van der Waals surface area contributed by atoms with Crippen LogP contribution in [0.15, 0.2) is 65.6 Å². The third kappa shape index (κ3) is 5.64. The average molecular weight is 415 g/mol. The molecule has 1 aromatic heterocycles. The summed E-state index contributed by atoms with van der Waals surface area (Å²) in [5.41, 5.74) is 8.01. The van der Waals surface area contributed by atoms with Crippen molar-refractivity contribution in [1.29, 1.82) is 0 Å². The van der Waals surface area contributed by atoms with E-state index in [1.807, 2.05) is 30.3 Å². The first-order valence-electron chi connectivity index (χ1n) is 8.76. The van der Waals surface area contributed by atoms with Crippen LogP contribution < -0.4 is 16.2 Å². The van der Waals surface area contributed by atoms with Crippen molar-refractivity contribution in [1.82, 2.24) is 9.97 Å². The number of hydrazine groups is 1. The summed E-state index contributed by atoms with van der Waals surface area (Å²) in [5.74, 6) is 0.810. The minimum atomic E-state index is -4.24. The number of benzene rings is 2. The zero-order chi connectivity index (χ0) is 20.9. The number of aromatic nitrogens is 2. The van der Waals surface area contributed by atoms with Gasteiger partial charge in [0.15, 0.2) is 5.82 Å². The SMILES string of the molecule is C[C@@H](CO)Nc1nc(NNc2ccc(S(=O)(=O)O)cc2)cc(-c2ccccc2)n1. The Kier molecular flexibility index (Phi) is 6.27. The average Bonchev–Trinajstić information content (AvgIpc) is 2.72. The molecule has 9 nitrogen and oxygen atoms in total. The molecule has 1 heterocycles. The molecule has 10 heteroatoms. The molecule has 0 aliphatic carbocycles. The smallest absolute Gasteiger partial charge is 0.294 e. The summed E-state index contributed by atoms with van der Waals surface area (Å²) in [6.45, 7) is 1.74. The molecule has 0 unspecified atom stereocenters. The molecule has 0 saturated heterocycles. The van der Waals surface area contributed by atoms with Gasteiger partial charge in [0.25, 0.3) is 10.1 Å². The molecule has 29 heavy (non-hydrogen) atoms. The van der Waals surface area contributed by atoms with Crippen molar-refractivity contribution >= 4 is 27.6 Å². The molecule has 0 saturated carbocycles. The van der Waals surface area contributed by atoms with Crippen molar-refractivity contribution in [2.75, 3.05) is 22.8 Å². The number of rotatable bonds is 8. The molecule has 3 aromatic rings. The van der Waals surface area contributed by atoms with Crippen LogP contribution in [0.3, 0.4) is 0 Å². The van der Waals surface area contributed by atoms with Gasteiger partial charge in [-0.15, -0.1) is 0 Å². The number of nitrogens with one attached hydrogen (secondary N) is 3. The van der Waals surface area contributed by atoms with Crippen molar-refractivity contribution in [3.63, 3.8) is 0 Å². The summed E-state index contributed by atoms with van der Waals surface area (Å²) in [6.07, 6.45) is 0. The van der Waals surface area contributed by atoms with Gasteiger partial charge in [-0.1, -0.05) is 30.3 Å². The molecule has 0 amide bonds. The third-order valence-electron chi connectivity index (χ3n) is 3.93. The highest BCUT2D eigenvalue weighted by Gasteiger charge is 2.10. The van der Waals surface area contributed by atoms with Crippen molar-refractivity contribution in [3.05, 3.63) is 60.7 Å². The highest BCUT2D eigenvalue weighted by atomic mass is 32.2. The Bertz CT molecular complexity index is 1060. The van der Waals surface area contributed by atoms with Gasteiger partial charge in [-0.25, -0.2) is 4.98 Å². The van der Waals surface area contributed by atoms with Gasteiger partial charge in [0, 0.05) is 17.7 Å². The van der Waals surface area contributed by atoms with E-state index in [4.69, 9.17) is 4.55 Å². The predicted octanol–water partition coefficient (Wildman–Crippen LogP) is 2.62. The van der Waals surface area contributed by atoms with Gasteiger partial charge in [-0.3, -0.25) is 15.4 Å². The lowest BCUT2D eigenvalue weighted by Gasteiger charge is -2.15. The van der Waals surface area contributed by atoms with Gasteiger partial charge in [0.2, 0.25) is 5.95 Å². The lowest BCUT2D eigenvalue weighted by Crippen LogP contribution is -2.21. The summed E-state index contributed by atoms with van der Waals surface area (Å²) in [4.78, 5) is 8.67. The normalized spacial score (nSPS) is 12.2. The summed E-state index contributed by atoms with van der Waals surface area (Å²) in [5, 5.41) is 12.3. The van der Waals surface area contributed by atoms with Gasteiger partial charge < -0.3 is 10.4 Å². The Labute approximate surface area is 168 Å². The number of hydrogen-bond donors (Lipinski definition) is 5. The highest BCUT2D eigenvalue weighted by molar-refractivity contribution is 7.85. The van der Waals surface area contributed by atoms with Crippen molar-refractivity contribution < 1.29 is 18.1 Å². The van der Waals surface area contributed by atoms with Crippen LogP contribution in [0.5, 0.6) is 0 Å². The molecule has 3 rings (SSSR count). The monoisotopic (exact) mass is 415 g/mol. The first-order valence-corrected chi connectivity index (χ1v) is 10.2. The maximum Gasteiger partial charge on any atom is 0.294 e. The fourth-order valence-corrected chi connectivity index (χ4v) is 2.93. The maximum atomic E-state index is 11.1. The van der Waals surface area contributed by atoms with Gasteiger partial charge in [0.05, 0.1) is 22.9 Å². The number of aliphatic hydroxyl groups is 1. The van der Waals surface area contributed by atoms with Gasteiger partial charge in [-0.2, -0.15) is 13.4 Å². The number of anilines is 3. The van der Waals surface area contributed by atoms with Crippen LogP contribution in [0.2, 0.25) is 0 Å². The van der Waals surface area contributed by atoms with Crippen LogP contribution in [0, 0.1) is 0 Å². The molecule has 2 aromatic carbocycles. The van der Waals surface area contributed by atoms with Crippen molar-refractivity contribution in [2.45, 2.75) is 17.9 Å². The second kappa shape index (κ2) is 8.86. The van der Waals surface area contributed by atoms with E-state index in [1.165, 1.54) is 24.3 Å². The molecule has 0 aliphatic rings. The summed E-state index contributed by atoms with van der Waals surface area (Å²) in [7, 11) is -4.24. The Morgan fingerprint density at radius 3 is 2.31 bits per heavy atom. The fourth-order valence-electron chi connectivity index (χ4n) is 2.45. The molecule has 0 spiro atoms. The first-order chi connectivity index (χ1) is 13.8. The molecule has 152 valence electrons. The Hall–Kier alpha value is -3.21. The van der Waals surface area contributed by atoms with E-state index in [-0.39, 0.29) is 17.5 Å². The van der Waals surface area contributed by atoms with Gasteiger partial charge >= 0.3 is 0 Å². The van der Waals surface area contributed by atoms with E-state index in [0.29, 0.717) is 23.1 Å². The molecule has 0 fully saturated rings. The molecule has 5 N–H and O–H groups in total. The Morgan fingerprint density at radius 2 is 1.69 bits per heavy atom. The quantitative estimate of drug-likeness (QED) is 0.278. The number of hydrogen-bond acceptors (Lipinski definition) is 8. The van der Waals surface area contributed by atoms with Crippen molar-refractivity contribution in [2.24, 2.45) is 0 Å². The lowest BCUT2D eigenvalue weighted by molar-refractivity contribution is 0.281. The standard InChI is InChI=1S/C19H21N5O4S/c1-13(12-25)20-19-21-17(14-5-3-2-4-6-14)11-18(22-19)24-23-15-7-9-16(10-8-15)29(26,27)28/h2-11,13,23,25H,12H2,1H3,(H,26,27,28)(H2,20,21,22,24)/t13-/m0/s1. The largest absolute Gasteiger partial charge is 0.394 e. The second-order valence-corrected chi connectivity index (χ2v) is 7.73. The van der Waals surface area contributed by atoms with Crippen LogP contribution >= 0.6 is 0 Å². The number of aliphatic hydroxyl groups excluding tert-OH is 1. The second-order valence-electron chi connectivity index (χ2n) is 6.31. The Balaban J connectivity index is 1.82. The van der Waals surface area contributed by atoms with Crippen LogP contribution in [0.4, 0.5) is 17.5 Å². The van der Waals surface area contributed by atoms with E-state index in [2.05, 4.69) is 26.1 Å². The van der Waals surface area contributed by atoms with E-state index in [0.717, 1.165) is 5.56 Å². The van der Waals surface area contributed by atoms with Gasteiger partial charge in [0.1, 0.15) is 0 Å². The maximum absolute atomic E-state index is 11.1. The topological polar surface area (TPSA) is 136 Å². The first kappa shape index (κ1) is 20.5. The zero-order valence-electron chi connectivity index (χ0n) is 15.6. The Morgan fingerprint density at radius 1 is 1.00 bits per heavy atom. The van der Waals surface area contributed by atoms with Crippen LogP contribution in [-0.4, -0.2) is 40.7 Å². The minimum absolute atomic E-state index is 0.0694. The lowest BCUT2D eigenvalue weighted by atomic mass is 10.1. The van der Waals surface area contributed by atoms with E-state index in [9.17, 15) is 13.5 Å². The van der Waals surface area contributed by atoms with Crippen LogP contribution in [0.1, 0.15) is 6.92 Å². The molecule has 0 aliphatic heterocycles. The van der Waals surface area contributed by atoms with Crippen LogP contribution in [-0.2, 0) is 10.1 Å². The van der Waals surface area contributed by atoms with Crippen molar-refractivity contribution in [3.8, 4) is 11.3 Å². The predicted molar refractivity (Wildman–Crippen MR) is 111 cm³/mol. The summed E-state index contributed by atoms with van der Waals surface area (Å²) >= 11 is 0. The molecular formula is C19H21N5O4S. The molecular weight excluding hydrogens is 394 g/mol. The molecule has 0 bridgehead atoms. The summed E-state index contributed by atoms with van der Waals surface area (Å²) in [6, 6.07) is 16.7. The molecule has 1 atom stereocenters. The molecule has 0 radical (unpaired) electrons. The van der Waals surface area contributed by atoms with Crippen LogP contribution in [0.25, 0.3) is 11.3 Å². The minimum Gasteiger partial charge on any atom is -0.394 e. The third-order valence-corrected chi connectivity index (χ3v) is 4.80.